The quantitative estimate of drug-likeness (QED) is 0.526. The maximum Gasteiger partial charge on any atom is 0.00921 e. The molecular formula is C15H24. The summed E-state index contributed by atoms with van der Waals surface area (Å²) >= 11 is 0. The molecule has 2 aliphatic carbocycles. The summed E-state index contributed by atoms with van der Waals surface area (Å²) in [6.07, 6.45) is 12.0. The minimum atomic E-state index is 0.419. The molecule has 1 atom stereocenters. The predicted octanol–water partition coefficient (Wildman–Crippen LogP) is 5.01. The van der Waals surface area contributed by atoms with Gasteiger partial charge in [-0.1, -0.05) is 29.7 Å². The molecule has 2 rings (SSSR count). The van der Waals surface area contributed by atoms with Crippen LogP contribution in [0.1, 0.15) is 65.7 Å². The molecule has 0 aromatic rings. The molecule has 0 heteroatoms. The lowest BCUT2D eigenvalue weighted by Gasteiger charge is -2.39. The van der Waals surface area contributed by atoms with Crippen molar-refractivity contribution in [3.63, 3.8) is 0 Å². The van der Waals surface area contributed by atoms with E-state index in [1.165, 1.54) is 44.9 Å². The van der Waals surface area contributed by atoms with Crippen LogP contribution in [0.3, 0.4) is 0 Å². The highest BCUT2D eigenvalue weighted by molar-refractivity contribution is 5.33. The number of hydrogen-bond donors (Lipinski definition) is 0. The minimum absolute atomic E-state index is 0.419. The molecule has 15 heavy (non-hydrogen) atoms. The summed E-state index contributed by atoms with van der Waals surface area (Å²) in [6.45, 7) is 7.18. The molecule has 0 bridgehead atoms. The van der Waals surface area contributed by atoms with Gasteiger partial charge in [-0.25, -0.2) is 0 Å². The SMILES string of the molecule is CC1=CCCCC1(C)C1=C(C)CCCC1. The Morgan fingerprint density at radius 2 is 1.80 bits per heavy atom. The third kappa shape index (κ3) is 1.91. The third-order valence-electron chi connectivity index (χ3n) is 4.61. The van der Waals surface area contributed by atoms with Gasteiger partial charge < -0.3 is 0 Å². The van der Waals surface area contributed by atoms with Crippen molar-refractivity contribution in [2.24, 2.45) is 5.41 Å². The third-order valence-corrected chi connectivity index (χ3v) is 4.61. The second kappa shape index (κ2) is 4.15. The van der Waals surface area contributed by atoms with E-state index in [1.54, 1.807) is 16.7 Å². The average molecular weight is 204 g/mol. The normalized spacial score (nSPS) is 32.9. The number of allylic oxidation sites excluding steroid dienone is 4. The average Bonchev–Trinajstić information content (AvgIpc) is 2.23. The first-order chi connectivity index (χ1) is 7.14. The summed E-state index contributed by atoms with van der Waals surface area (Å²) in [7, 11) is 0. The van der Waals surface area contributed by atoms with Crippen LogP contribution in [0, 0.1) is 5.41 Å². The summed E-state index contributed by atoms with van der Waals surface area (Å²) < 4.78 is 0. The molecular weight excluding hydrogens is 180 g/mol. The van der Waals surface area contributed by atoms with Crippen LogP contribution in [-0.2, 0) is 0 Å². The van der Waals surface area contributed by atoms with Crippen molar-refractivity contribution in [2.45, 2.75) is 65.7 Å². The first-order valence-electron chi connectivity index (χ1n) is 6.51. The van der Waals surface area contributed by atoms with Crippen LogP contribution in [0.25, 0.3) is 0 Å². The second-order valence-corrected chi connectivity index (χ2v) is 5.58. The Hall–Kier alpha value is -0.520. The van der Waals surface area contributed by atoms with Gasteiger partial charge in [-0.15, -0.1) is 0 Å². The monoisotopic (exact) mass is 204 g/mol. The van der Waals surface area contributed by atoms with Gasteiger partial charge in [-0.3, -0.25) is 0 Å². The smallest absolute Gasteiger partial charge is 0.00921 e. The molecule has 0 heterocycles. The lowest BCUT2D eigenvalue weighted by molar-refractivity contribution is 0.375. The molecule has 84 valence electrons. The van der Waals surface area contributed by atoms with Crippen LogP contribution >= 0.6 is 0 Å². The van der Waals surface area contributed by atoms with Crippen LogP contribution in [0.5, 0.6) is 0 Å². The van der Waals surface area contributed by atoms with E-state index in [4.69, 9.17) is 0 Å². The van der Waals surface area contributed by atoms with E-state index in [0.29, 0.717) is 5.41 Å². The van der Waals surface area contributed by atoms with Gasteiger partial charge in [0.2, 0.25) is 0 Å². The van der Waals surface area contributed by atoms with Gasteiger partial charge in [0.1, 0.15) is 0 Å². The number of rotatable bonds is 1. The molecule has 0 radical (unpaired) electrons. The van der Waals surface area contributed by atoms with Crippen molar-refractivity contribution in [3.8, 4) is 0 Å². The summed E-state index contributed by atoms with van der Waals surface area (Å²) in [5.41, 5.74) is 5.52. The zero-order chi connectivity index (χ0) is 10.9. The Morgan fingerprint density at radius 3 is 2.47 bits per heavy atom. The van der Waals surface area contributed by atoms with Gasteiger partial charge in [-0.05, 0) is 58.8 Å². The van der Waals surface area contributed by atoms with Gasteiger partial charge in [0.25, 0.3) is 0 Å². The van der Waals surface area contributed by atoms with Gasteiger partial charge >= 0.3 is 0 Å². The van der Waals surface area contributed by atoms with Crippen molar-refractivity contribution >= 4 is 0 Å². The van der Waals surface area contributed by atoms with E-state index in [-0.39, 0.29) is 0 Å². The zero-order valence-electron chi connectivity index (χ0n) is 10.5. The van der Waals surface area contributed by atoms with Gasteiger partial charge in [0, 0.05) is 5.41 Å². The fraction of sp³-hybridized carbons (Fsp3) is 0.733. The van der Waals surface area contributed by atoms with Crippen LogP contribution in [-0.4, -0.2) is 0 Å². The lowest BCUT2D eigenvalue weighted by Crippen LogP contribution is -2.25. The molecule has 0 nitrogen and oxygen atoms in total. The first kappa shape index (κ1) is 11.0. The highest BCUT2D eigenvalue weighted by Crippen LogP contribution is 2.48. The fourth-order valence-electron chi connectivity index (χ4n) is 3.39. The lowest BCUT2D eigenvalue weighted by atomic mass is 9.65. The van der Waals surface area contributed by atoms with E-state index < -0.39 is 0 Å². The molecule has 1 unspecified atom stereocenters. The van der Waals surface area contributed by atoms with Crippen LogP contribution in [0.4, 0.5) is 0 Å². The van der Waals surface area contributed by atoms with Gasteiger partial charge in [0.05, 0.1) is 0 Å². The highest BCUT2D eigenvalue weighted by atomic mass is 14.4. The molecule has 0 saturated heterocycles. The van der Waals surface area contributed by atoms with E-state index in [2.05, 4.69) is 26.8 Å². The molecule has 0 N–H and O–H groups in total. The zero-order valence-corrected chi connectivity index (χ0v) is 10.5. The van der Waals surface area contributed by atoms with Gasteiger partial charge in [-0.2, -0.15) is 0 Å². The molecule has 0 amide bonds. The standard InChI is InChI=1S/C15H24/c1-12-8-4-5-10-14(12)15(3)11-7-6-9-13(15)2/h9H,4-8,10-11H2,1-3H3. The summed E-state index contributed by atoms with van der Waals surface area (Å²) in [5.74, 6) is 0. The first-order valence-corrected chi connectivity index (χ1v) is 6.51. The Labute approximate surface area is 94.5 Å². The van der Waals surface area contributed by atoms with E-state index in [0.717, 1.165) is 0 Å². The van der Waals surface area contributed by atoms with Crippen molar-refractivity contribution in [3.05, 3.63) is 22.8 Å². The highest BCUT2D eigenvalue weighted by Gasteiger charge is 2.33. The van der Waals surface area contributed by atoms with Crippen LogP contribution in [0.15, 0.2) is 22.8 Å². The van der Waals surface area contributed by atoms with Crippen molar-refractivity contribution in [2.75, 3.05) is 0 Å². The molecule has 0 aromatic carbocycles. The molecule has 0 spiro atoms. The molecule has 0 saturated carbocycles. The summed E-state index contributed by atoms with van der Waals surface area (Å²) in [5, 5.41) is 0. The number of hydrogen-bond acceptors (Lipinski definition) is 0. The minimum Gasteiger partial charge on any atom is -0.0847 e. The Bertz CT molecular complexity index is 306. The molecule has 0 fully saturated rings. The Kier molecular flexibility index (Phi) is 3.04. The topological polar surface area (TPSA) is 0 Å². The van der Waals surface area contributed by atoms with Gasteiger partial charge in [0.15, 0.2) is 0 Å². The van der Waals surface area contributed by atoms with E-state index >= 15 is 0 Å². The maximum atomic E-state index is 2.47. The van der Waals surface area contributed by atoms with E-state index in [9.17, 15) is 0 Å². The van der Waals surface area contributed by atoms with Crippen LogP contribution in [0.2, 0.25) is 0 Å². The van der Waals surface area contributed by atoms with Crippen molar-refractivity contribution in [1.29, 1.82) is 0 Å². The Morgan fingerprint density at radius 1 is 1.07 bits per heavy atom. The second-order valence-electron chi connectivity index (χ2n) is 5.58. The summed E-state index contributed by atoms with van der Waals surface area (Å²) in [4.78, 5) is 0. The molecule has 2 aliphatic rings. The van der Waals surface area contributed by atoms with Crippen molar-refractivity contribution < 1.29 is 0 Å². The summed E-state index contributed by atoms with van der Waals surface area (Å²) in [6, 6.07) is 0. The Balaban J connectivity index is 2.35. The maximum absolute atomic E-state index is 2.47. The van der Waals surface area contributed by atoms with Crippen molar-refractivity contribution in [1.82, 2.24) is 0 Å². The fourth-order valence-corrected chi connectivity index (χ4v) is 3.39. The largest absolute Gasteiger partial charge is 0.0847 e. The molecule has 0 aromatic heterocycles. The van der Waals surface area contributed by atoms with Crippen LogP contribution < -0.4 is 0 Å². The predicted molar refractivity (Wildman–Crippen MR) is 66.9 cm³/mol. The molecule has 0 aliphatic heterocycles. The van der Waals surface area contributed by atoms with E-state index in [1.807, 2.05) is 0 Å².